The minimum absolute atomic E-state index is 0.0254. The van der Waals surface area contributed by atoms with Crippen LogP contribution in [0.25, 0.3) is 11.4 Å². The van der Waals surface area contributed by atoms with Gasteiger partial charge in [0, 0.05) is 31.6 Å². The van der Waals surface area contributed by atoms with Crippen LogP contribution in [0.5, 0.6) is 5.75 Å². The van der Waals surface area contributed by atoms with Gasteiger partial charge in [0.15, 0.2) is 0 Å². The first kappa shape index (κ1) is 17.0. The molecular weight excluding hydrogens is 298 g/mol. The van der Waals surface area contributed by atoms with Gasteiger partial charge in [-0.1, -0.05) is 17.3 Å². The molecule has 0 fully saturated rings. The quantitative estimate of drug-likeness (QED) is 0.799. The lowest BCUT2D eigenvalue weighted by Gasteiger charge is -2.11. The highest BCUT2D eigenvalue weighted by atomic mass is 16.5. The molecule has 23 heavy (non-hydrogen) atoms. The molecule has 0 aliphatic rings. The van der Waals surface area contributed by atoms with E-state index in [0.29, 0.717) is 24.7 Å². The van der Waals surface area contributed by atoms with Crippen LogP contribution in [0.2, 0.25) is 0 Å². The lowest BCUT2D eigenvalue weighted by molar-refractivity contribution is -0.122. The zero-order valence-corrected chi connectivity index (χ0v) is 13.5. The molecule has 0 aliphatic heterocycles. The highest BCUT2D eigenvalue weighted by Crippen LogP contribution is 2.21. The van der Waals surface area contributed by atoms with Gasteiger partial charge in [-0.3, -0.25) is 4.79 Å². The number of hydrogen-bond acceptors (Lipinski definition) is 6. The topological polar surface area (TPSA) is 86.5 Å². The van der Waals surface area contributed by atoms with E-state index in [9.17, 15) is 4.79 Å². The summed E-state index contributed by atoms with van der Waals surface area (Å²) in [5, 5.41) is 6.77. The monoisotopic (exact) mass is 319 g/mol. The van der Waals surface area contributed by atoms with Crippen molar-refractivity contribution in [2.24, 2.45) is 0 Å². The van der Waals surface area contributed by atoms with Gasteiger partial charge in [-0.25, -0.2) is 0 Å². The normalized spacial score (nSPS) is 12.0. The molecule has 0 saturated carbocycles. The highest BCUT2D eigenvalue weighted by molar-refractivity contribution is 5.76. The molecule has 0 radical (unpaired) electrons. The Morgan fingerprint density at radius 2 is 2.22 bits per heavy atom. The summed E-state index contributed by atoms with van der Waals surface area (Å²) in [6, 6.07) is 7.37. The van der Waals surface area contributed by atoms with Crippen molar-refractivity contribution in [2.45, 2.75) is 25.8 Å². The fraction of sp³-hybridized carbons (Fsp3) is 0.438. The van der Waals surface area contributed by atoms with E-state index < -0.39 is 0 Å². The maximum absolute atomic E-state index is 11.8. The van der Waals surface area contributed by atoms with Crippen molar-refractivity contribution in [3.05, 3.63) is 30.2 Å². The Morgan fingerprint density at radius 1 is 1.39 bits per heavy atom. The van der Waals surface area contributed by atoms with Crippen molar-refractivity contribution >= 4 is 5.91 Å². The van der Waals surface area contributed by atoms with Crippen LogP contribution in [0.3, 0.4) is 0 Å². The van der Waals surface area contributed by atoms with Gasteiger partial charge in [-0.15, -0.1) is 0 Å². The second-order valence-corrected chi connectivity index (χ2v) is 5.17. The van der Waals surface area contributed by atoms with Crippen LogP contribution in [-0.4, -0.2) is 42.9 Å². The van der Waals surface area contributed by atoms with Gasteiger partial charge < -0.3 is 19.3 Å². The van der Waals surface area contributed by atoms with Gasteiger partial charge in [-0.2, -0.15) is 4.98 Å². The number of methoxy groups -OCH3 is 2. The third kappa shape index (κ3) is 5.07. The van der Waals surface area contributed by atoms with E-state index in [2.05, 4.69) is 15.5 Å². The largest absolute Gasteiger partial charge is 0.497 e. The molecule has 1 aromatic carbocycles. The van der Waals surface area contributed by atoms with Crippen molar-refractivity contribution in [3.8, 4) is 17.1 Å². The SMILES string of the molecule is COCC(C)NC(=O)CCc1nc(-c2cccc(OC)c2)no1. The summed E-state index contributed by atoms with van der Waals surface area (Å²) < 4.78 is 15.3. The maximum Gasteiger partial charge on any atom is 0.227 e. The van der Waals surface area contributed by atoms with Crippen LogP contribution >= 0.6 is 0 Å². The molecule has 2 aromatic rings. The van der Waals surface area contributed by atoms with Crippen molar-refractivity contribution in [1.29, 1.82) is 0 Å². The van der Waals surface area contributed by atoms with Gasteiger partial charge in [0.1, 0.15) is 5.75 Å². The van der Waals surface area contributed by atoms with E-state index in [-0.39, 0.29) is 18.4 Å². The molecular formula is C16H21N3O4. The smallest absolute Gasteiger partial charge is 0.227 e. The summed E-state index contributed by atoms with van der Waals surface area (Å²) in [5.74, 6) is 1.56. The third-order valence-corrected chi connectivity index (χ3v) is 3.19. The summed E-state index contributed by atoms with van der Waals surface area (Å²) in [6.45, 7) is 2.36. The molecule has 1 aromatic heterocycles. The molecule has 0 saturated heterocycles. The number of carbonyl (C=O) groups excluding carboxylic acids is 1. The molecule has 0 spiro atoms. The Balaban J connectivity index is 1.91. The molecule has 0 bridgehead atoms. The van der Waals surface area contributed by atoms with Gasteiger partial charge in [0.2, 0.25) is 17.6 Å². The van der Waals surface area contributed by atoms with Crippen LogP contribution in [-0.2, 0) is 16.0 Å². The van der Waals surface area contributed by atoms with Crippen molar-refractivity contribution in [1.82, 2.24) is 15.5 Å². The van der Waals surface area contributed by atoms with E-state index in [0.717, 1.165) is 11.3 Å². The molecule has 1 amide bonds. The molecule has 1 heterocycles. The van der Waals surface area contributed by atoms with E-state index >= 15 is 0 Å². The zero-order valence-electron chi connectivity index (χ0n) is 13.5. The molecule has 7 heteroatoms. The van der Waals surface area contributed by atoms with E-state index in [1.54, 1.807) is 14.2 Å². The molecule has 1 N–H and O–H groups in total. The molecule has 7 nitrogen and oxygen atoms in total. The maximum atomic E-state index is 11.8. The number of benzene rings is 1. The summed E-state index contributed by atoms with van der Waals surface area (Å²) in [5.41, 5.74) is 0.803. The summed E-state index contributed by atoms with van der Waals surface area (Å²) in [4.78, 5) is 16.1. The van der Waals surface area contributed by atoms with Gasteiger partial charge in [0.05, 0.1) is 13.7 Å². The number of aryl methyl sites for hydroxylation is 1. The van der Waals surface area contributed by atoms with Crippen LogP contribution < -0.4 is 10.1 Å². The number of amides is 1. The van der Waals surface area contributed by atoms with Crippen LogP contribution in [0.4, 0.5) is 0 Å². The first-order valence-electron chi connectivity index (χ1n) is 7.37. The van der Waals surface area contributed by atoms with Crippen molar-refractivity contribution in [3.63, 3.8) is 0 Å². The first-order chi connectivity index (χ1) is 11.1. The Bertz CT molecular complexity index is 642. The van der Waals surface area contributed by atoms with E-state index in [1.807, 2.05) is 31.2 Å². The molecule has 0 aliphatic carbocycles. The fourth-order valence-corrected chi connectivity index (χ4v) is 2.09. The average Bonchev–Trinajstić information content (AvgIpc) is 3.02. The minimum Gasteiger partial charge on any atom is -0.497 e. The highest BCUT2D eigenvalue weighted by Gasteiger charge is 2.12. The van der Waals surface area contributed by atoms with Gasteiger partial charge in [0.25, 0.3) is 0 Å². The molecule has 1 atom stereocenters. The summed E-state index contributed by atoms with van der Waals surface area (Å²) in [7, 11) is 3.20. The Morgan fingerprint density at radius 3 is 2.96 bits per heavy atom. The second kappa shape index (κ2) is 8.28. The Kier molecular flexibility index (Phi) is 6.10. The molecule has 124 valence electrons. The number of nitrogens with zero attached hydrogens (tertiary/aromatic N) is 2. The van der Waals surface area contributed by atoms with Crippen LogP contribution in [0.1, 0.15) is 19.2 Å². The predicted molar refractivity (Wildman–Crippen MR) is 84.1 cm³/mol. The van der Waals surface area contributed by atoms with Gasteiger partial charge >= 0.3 is 0 Å². The van der Waals surface area contributed by atoms with Crippen LogP contribution in [0.15, 0.2) is 28.8 Å². The lowest BCUT2D eigenvalue weighted by atomic mass is 10.2. The average molecular weight is 319 g/mol. The Labute approximate surface area is 135 Å². The number of aromatic nitrogens is 2. The van der Waals surface area contributed by atoms with Gasteiger partial charge in [-0.05, 0) is 19.1 Å². The fourth-order valence-electron chi connectivity index (χ4n) is 2.09. The Hall–Kier alpha value is -2.41. The minimum atomic E-state index is -0.0734. The first-order valence-corrected chi connectivity index (χ1v) is 7.37. The number of ether oxygens (including phenoxy) is 2. The van der Waals surface area contributed by atoms with E-state index in [4.69, 9.17) is 14.0 Å². The summed E-state index contributed by atoms with van der Waals surface area (Å²) in [6.07, 6.45) is 0.677. The standard InChI is InChI=1S/C16H21N3O4/c1-11(10-21-2)17-14(20)7-8-15-18-16(19-23-15)12-5-4-6-13(9-12)22-3/h4-6,9,11H,7-8,10H2,1-3H3,(H,17,20). The van der Waals surface area contributed by atoms with Crippen molar-refractivity contribution in [2.75, 3.05) is 20.8 Å². The van der Waals surface area contributed by atoms with E-state index in [1.165, 1.54) is 0 Å². The lowest BCUT2D eigenvalue weighted by Crippen LogP contribution is -2.35. The number of rotatable bonds is 8. The zero-order chi connectivity index (χ0) is 16.7. The molecule has 2 rings (SSSR count). The number of hydrogen-bond donors (Lipinski definition) is 1. The molecule has 1 unspecified atom stereocenters. The van der Waals surface area contributed by atoms with Crippen LogP contribution in [0, 0.1) is 0 Å². The summed E-state index contributed by atoms with van der Waals surface area (Å²) >= 11 is 0. The van der Waals surface area contributed by atoms with Crippen molar-refractivity contribution < 1.29 is 18.8 Å². The third-order valence-electron chi connectivity index (χ3n) is 3.19. The number of carbonyl (C=O) groups is 1. The predicted octanol–water partition coefficient (Wildman–Crippen LogP) is 1.83. The second-order valence-electron chi connectivity index (χ2n) is 5.17. The number of nitrogens with one attached hydrogen (secondary N) is 1.